The van der Waals surface area contributed by atoms with Crippen molar-refractivity contribution < 1.29 is 19.1 Å². The second-order valence-corrected chi connectivity index (χ2v) is 3.62. The van der Waals surface area contributed by atoms with Crippen LogP contribution in [0.1, 0.15) is 25.7 Å². The monoisotopic (exact) mass is 212 g/mol. The van der Waals surface area contributed by atoms with Gasteiger partial charge >= 0.3 is 6.03 Å². The minimum Gasteiger partial charge on any atom is -0.358 e. The molecule has 2 rings (SSSR count). The van der Waals surface area contributed by atoms with Crippen LogP contribution in [0.2, 0.25) is 0 Å². The Morgan fingerprint density at radius 2 is 2.07 bits per heavy atom. The number of amides is 4. The molecule has 0 aliphatic carbocycles. The van der Waals surface area contributed by atoms with Gasteiger partial charge in [-0.2, -0.15) is 0 Å². The van der Waals surface area contributed by atoms with Crippen LogP contribution >= 0.6 is 0 Å². The molecule has 6 nitrogen and oxygen atoms in total. The molecule has 1 atom stereocenters. The summed E-state index contributed by atoms with van der Waals surface area (Å²) in [5.41, 5.74) is 0. The summed E-state index contributed by atoms with van der Waals surface area (Å²) in [6.45, 7) is 0.551. The van der Waals surface area contributed by atoms with Crippen molar-refractivity contribution in [3.05, 3.63) is 0 Å². The number of imide groups is 2. The maximum absolute atomic E-state index is 11.5. The van der Waals surface area contributed by atoms with Crippen molar-refractivity contribution in [1.82, 2.24) is 10.2 Å². The van der Waals surface area contributed by atoms with Crippen molar-refractivity contribution in [3.63, 3.8) is 0 Å². The van der Waals surface area contributed by atoms with E-state index in [2.05, 4.69) is 5.32 Å². The largest absolute Gasteiger partial charge is 0.358 e. The fourth-order valence-electron chi connectivity index (χ4n) is 1.78. The lowest BCUT2D eigenvalue weighted by atomic mass is 10.1. The number of carbonyl (C=O) groups excluding carboxylic acids is 3. The third kappa shape index (κ3) is 1.99. The normalized spacial score (nSPS) is 27.9. The van der Waals surface area contributed by atoms with Crippen molar-refractivity contribution in [1.29, 1.82) is 0 Å². The SMILES string of the molecule is O=C1CC(=O)N(C2CCCCO2)C(=O)N1. The second kappa shape index (κ2) is 3.98. The van der Waals surface area contributed by atoms with E-state index >= 15 is 0 Å². The molecule has 0 radical (unpaired) electrons. The lowest BCUT2D eigenvalue weighted by Crippen LogP contribution is -2.57. The van der Waals surface area contributed by atoms with Crippen LogP contribution in [0.4, 0.5) is 4.79 Å². The van der Waals surface area contributed by atoms with Crippen LogP contribution in [0.15, 0.2) is 0 Å². The van der Waals surface area contributed by atoms with Gasteiger partial charge in [0.25, 0.3) is 0 Å². The summed E-state index contributed by atoms with van der Waals surface area (Å²) in [7, 11) is 0. The molecule has 0 spiro atoms. The Kier molecular flexibility index (Phi) is 2.68. The van der Waals surface area contributed by atoms with Crippen molar-refractivity contribution in [2.75, 3.05) is 6.61 Å². The first-order chi connectivity index (χ1) is 7.18. The summed E-state index contributed by atoms with van der Waals surface area (Å²) in [5.74, 6) is -1.02. The van der Waals surface area contributed by atoms with Gasteiger partial charge in [-0.05, 0) is 19.3 Å². The van der Waals surface area contributed by atoms with Crippen LogP contribution in [0, 0.1) is 0 Å². The number of carbonyl (C=O) groups is 3. The van der Waals surface area contributed by atoms with Gasteiger partial charge in [0.15, 0.2) is 0 Å². The lowest BCUT2D eigenvalue weighted by molar-refractivity contribution is -0.148. The molecule has 6 heteroatoms. The van der Waals surface area contributed by atoms with Crippen LogP contribution in [0.5, 0.6) is 0 Å². The molecule has 15 heavy (non-hydrogen) atoms. The zero-order valence-electron chi connectivity index (χ0n) is 8.19. The molecule has 1 N–H and O–H groups in total. The molecule has 1 unspecified atom stereocenters. The van der Waals surface area contributed by atoms with E-state index in [9.17, 15) is 14.4 Å². The summed E-state index contributed by atoms with van der Waals surface area (Å²) in [6.07, 6.45) is 1.74. The average Bonchev–Trinajstić information content (AvgIpc) is 2.17. The van der Waals surface area contributed by atoms with E-state index < -0.39 is 24.1 Å². The van der Waals surface area contributed by atoms with Gasteiger partial charge in [-0.15, -0.1) is 0 Å². The zero-order chi connectivity index (χ0) is 10.8. The highest BCUT2D eigenvalue weighted by Crippen LogP contribution is 2.19. The molecule has 2 aliphatic rings. The van der Waals surface area contributed by atoms with E-state index in [0.717, 1.165) is 17.7 Å². The van der Waals surface area contributed by atoms with Gasteiger partial charge in [0, 0.05) is 6.61 Å². The van der Waals surface area contributed by atoms with Gasteiger partial charge in [-0.25, -0.2) is 9.69 Å². The van der Waals surface area contributed by atoms with Crippen molar-refractivity contribution in [3.8, 4) is 0 Å². The molecule has 82 valence electrons. The summed E-state index contributed by atoms with van der Waals surface area (Å²) < 4.78 is 5.33. The lowest BCUT2D eigenvalue weighted by Gasteiger charge is -2.34. The summed E-state index contributed by atoms with van der Waals surface area (Å²) in [4.78, 5) is 34.8. The van der Waals surface area contributed by atoms with Crippen LogP contribution < -0.4 is 5.32 Å². The fourth-order valence-corrected chi connectivity index (χ4v) is 1.78. The highest BCUT2D eigenvalue weighted by molar-refractivity contribution is 6.14. The van der Waals surface area contributed by atoms with E-state index in [0.29, 0.717) is 13.0 Å². The number of hydrogen-bond donors (Lipinski definition) is 1. The molecule has 0 saturated carbocycles. The standard InChI is InChI=1S/C9H12N2O4/c12-6-5-7(13)11(9(14)10-6)8-3-1-2-4-15-8/h8H,1-5H2,(H,10,12,14). The summed E-state index contributed by atoms with van der Waals surface area (Å²) >= 11 is 0. The predicted molar refractivity (Wildman–Crippen MR) is 48.6 cm³/mol. The molecule has 0 aromatic heterocycles. The van der Waals surface area contributed by atoms with Crippen molar-refractivity contribution in [2.24, 2.45) is 0 Å². The van der Waals surface area contributed by atoms with Crippen molar-refractivity contribution >= 4 is 17.8 Å². The van der Waals surface area contributed by atoms with Gasteiger partial charge in [0.05, 0.1) is 0 Å². The third-order valence-corrected chi connectivity index (χ3v) is 2.49. The predicted octanol–water partition coefficient (Wildman–Crippen LogP) is -0.0185. The zero-order valence-corrected chi connectivity index (χ0v) is 8.19. The highest BCUT2D eigenvalue weighted by atomic mass is 16.5. The van der Waals surface area contributed by atoms with Gasteiger partial charge in [0.2, 0.25) is 11.8 Å². The molecule has 2 fully saturated rings. The number of nitrogens with one attached hydrogen (secondary N) is 1. The smallest absolute Gasteiger partial charge is 0.332 e. The quantitative estimate of drug-likeness (QED) is 0.620. The van der Waals surface area contributed by atoms with E-state index in [1.807, 2.05) is 0 Å². The minimum atomic E-state index is -0.664. The topological polar surface area (TPSA) is 75.7 Å². The Morgan fingerprint density at radius 1 is 1.27 bits per heavy atom. The number of nitrogens with zero attached hydrogens (tertiary/aromatic N) is 1. The fraction of sp³-hybridized carbons (Fsp3) is 0.667. The van der Waals surface area contributed by atoms with E-state index in [4.69, 9.17) is 4.74 Å². The first-order valence-corrected chi connectivity index (χ1v) is 4.96. The highest BCUT2D eigenvalue weighted by Gasteiger charge is 2.37. The molecule has 2 aliphatic heterocycles. The summed E-state index contributed by atoms with van der Waals surface area (Å²) in [5, 5.41) is 2.10. The Hall–Kier alpha value is -1.43. The van der Waals surface area contributed by atoms with E-state index in [-0.39, 0.29) is 6.42 Å². The van der Waals surface area contributed by atoms with Crippen LogP contribution in [-0.2, 0) is 14.3 Å². The van der Waals surface area contributed by atoms with Crippen LogP contribution in [0.25, 0.3) is 0 Å². The summed E-state index contributed by atoms with van der Waals surface area (Å²) in [6, 6.07) is -0.664. The molecular formula is C9H12N2O4. The Labute approximate surface area is 86.6 Å². The van der Waals surface area contributed by atoms with Crippen molar-refractivity contribution in [2.45, 2.75) is 31.9 Å². The molecule has 0 bridgehead atoms. The third-order valence-electron chi connectivity index (χ3n) is 2.49. The minimum absolute atomic E-state index is 0.272. The Bertz CT molecular complexity index is 289. The van der Waals surface area contributed by atoms with Gasteiger partial charge in [0.1, 0.15) is 12.6 Å². The maximum atomic E-state index is 11.5. The van der Waals surface area contributed by atoms with E-state index in [1.165, 1.54) is 0 Å². The molecule has 2 heterocycles. The van der Waals surface area contributed by atoms with Crippen LogP contribution in [0.3, 0.4) is 0 Å². The number of rotatable bonds is 1. The molecule has 0 aromatic rings. The second-order valence-electron chi connectivity index (χ2n) is 3.62. The van der Waals surface area contributed by atoms with Crippen LogP contribution in [-0.4, -0.2) is 35.6 Å². The van der Waals surface area contributed by atoms with Gasteiger partial charge in [-0.1, -0.05) is 0 Å². The molecule has 0 aromatic carbocycles. The van der Waals surface area contributed by atoms with Gasteiger partial charge < -0.3 is 4.74 Å². The maximum Gasteiger partial charge on any atom is 0.332 e. The Morgan fingerprint density at radius 3 is 2.67 bits per heavy atom. The number of ether oxygens (including phenoxy) is 1. The first kappa shape index (κ1) is 10.1. The number of hydrogen-bond acceptors (Lipinski definition) is 4. The number of barbiturate groups is 1. The average molecular weight is 212 g/mol. The van der Waals surface area contributed by atoms with Gasteiger partial charge in [-0.3, -0.25) is 14.9 Å². The Balaban J connectivity index is 2.09. The molecule has 2 saturated heterocycles. The molecular weight excluding hydrogens is 200 g/mol. The first-order valence-electron chi connectivity index (χ1n) is 4.96. The molecule has 4 amide bonds. The van der Waals surface area contributed by atoms with E-state index in [1.54, 1.807) is 0 Å². The number of urea groups is 1.